The van der Waals surface area contributed by atoms with Gasteiger partial charge >= 0.3 is 0 Å². The van der Waals surface area contributed by atoms with Crippen LogP contribution in [0.25, 0.3) is 139 Å². The normalized spacial score (nSPS) is 12.3. The van der Waals surface area contributed by atoms with Crippen molar-refractivity contribution in [2.24, 2.45) is 0 Å². The summed E-state index contributed by atoms with van der Waals surface area (Å²) >= 11 is 3.83. The van der Waals surface area contributed by atoms with Crippen molar-refractivity contribution in [1.29, 1.82) is 0 Å². The van der Waals surface area contributed by atoms with Crippen molar-refractivity contribution in [2.45, 2.75) is 38.9 Å². The SMILES string of the molecule is CC1(C)c2cc(-c3ccc4c(c3)sc3c5ccc(N(c6ccccc6)c6ccccc6-c6ccccc6)cc5c5ccccc5c43)ccc2-c2ccc(N(c3ccccc3)c3ccccc3)cc21.C[Si](C)(C)c1ccc(N(c2ccccc2)c2ccc(-c3ccc4c(c3)sc3c5ccc(N(c6ccccc6)c6ccccc6)cc5c5ccccc5c43)c3ccccc23)cc1. The Kier molecular flexibility index (Phi) is 19.7. The molecule has 0 bridgehead atoms. The molecular formula is C122H90N4S2Si. The van der Waals surface area contributed by atoms with Gasteiger partial charge in [-0.05, 0) is 239 Å². The Hall–Kier alpha value is -15.2. The third-order valence-electron chi connectivity index (χ3n) is 26.4. The fraction of sp³-hybridized carbons (Fsp3) is 0.0492. The Bertz CT molecular complexity index is 8160. The van der Waals surface area contributed by atoms with Gasteiger partial charge in [0, 0.05) is 124 Å². The van der Waals surface area contributed by atoms with E-state index in [0.717, 1.165) is 62.6 Å². The van der Waals surface area contributed by atoms with Crippen LogP contribution in [0.15, 0.2) is 455 Å². The Morgan fingerprint density at radius 1 is 0.202 bits per heavy atom. The first-order valence-corrected chi connectivity index (χ1v) is 49.7. The second-order valence-corrected chi connectivity index (χ2v) is 42.6. The number of hydrogen-bond donors (Lipinski definition) is 0. The lowest BCUT2D eigenvalue weighted by Gasteiger charge is -2.28. The fourth-order valence-electron chi connectivity index (χ4n) is 20.1. The third-order valence-corrected chi connectivity index (χ3v) is 30.8. The lowest BCUT2D eigenvalue weighted by molar-refractivity contribution is 0.660. The van der Waals surface area contributed by atoms with Crippen LogP contribution in [0.4, 0.5) is 68.2 Å². The summed E-state index contributed by atoms with van der Waals surface area (Å²) in [5.41, 5.74) is 26.3. The molecule has 23 aromatic rings. The molecule has 21 aromatic carbocycles. The number of para-hydroxylation sites is 7. The molecule has 0 spiro atoms. The quantitative estimate of drug-likeness (QED) is 0.0706. The van der Waals surface area contributed by atoms with E-state index in [4.69, 9.17) is 0 Å². The van der Waals surface area contributed by atoms with Gasteiger partial charge in [0.2, 0.25) is 0 Å². The van der Waals surface area contributed by atoms with Crippen LogP contribution in [0.1, 0.15) is 25.0 Å². The molecular weight excluding hydrogens is 1610 g/mol. The summed E-state index contributed by atoms with van der Waals surface area (Å²) in [7, 11) is -1.45. The van der Waals surface area contributed by atoms with Crippen LogP contribution in [0.2, 0.25) is 19.6 Å². The minimum atomic E-state index is -1.45. The van der Waals surface area contributed by atoms with E-state index in [1.165, 1.54) is 161 Å². The maximum absolute atomic E-state index is 2.45. The summed E-state index contributed by atoms with van der Waals surface area (Å²) in [5, 5.41) is 19.4. The smallest absolute Gasteiger partial charge is 0.0775 e. The molecule has 0 saturated carbocycles. The van der Waals surface area contributed by atoms with Gasteiger partial charge in [-0.15, -0.1) is 22.7 Å². The average molecular weight is 1700 g/mol. The standard InChI is InChI=1S/C65H46N2S.C57H44N2SSi/c1-65(2)59-39-44(31-35-53(59)54-37-33-50(42-60(54)65)66(46-21-9-4-10-22-46)47-23-11-5-12-24-47)45-32-36-57-62(40-45)68-64-56-38-34-49(41-58(56)52-28-15-16-29-55(52)63(57)64)67(48-25-13-6-14-26-48)61-30-18-17-27-51(61)43-19-7-3-8-20-43;1-61(2,3)45-31-28-43(29-32-45)59(42-21-11-6-12-22-42)54-36-35-46(47-23-13-15-25-49(47)54)39-27-33-52-55(37-39)60-57-51-34-30-44(38-53(51)48-24-14-16-26-50(48)56(52)57)58(40-17-7-4-8-18-40)41-19-9-5-10-20-41/h3-42H,1-2H3;4-38H,1-3H3. The van der Waals surface area contributed by atoms with E-state index in [1.807, 2.05) is 22.7 Å². The van der Waals surface area contributed by atoms with E-state index < -0.39 is 8.07 Å². The monoisotopic (exact) mass is 1700 g/mol. The van der Waals surface area contributed by atoms with Crippen LogP contribution in [-0.4, -0.2) is 8.07 Å². The van der Waals surface area contributed by atoms with Crippen LogP contribution in [-0.2, 0) is 5.41 Å². The van der Waals surface area contributed by atoms with Gasteiger partial charge in [-0.25, -0.2) is 0 Å². The summed E-state index contributed by atoms with van der Waals surface area (Å²) in [6, 6.07) is 167. The van der Waals surface area contributed by atoms with E-state index in [0.29, 0.717) is 0 Å². The lowest BCUT2D eigenvalue weighted by atomic mass is 9.81. The molecule has 614 valence electrons. The predicted molar refractivity (Wildman–Crippen MR) is 562 cm³/mol. The number of benzene rings is 21. The van der Waals surface area contributed by atoms with Crippen LogP contribution in [0, 0.1) is 0 Å². The Morgan fingerprint density at radius 2 is 0.543 bits per heavy atom. The Balaban J connectivity index is 0.000000148. The zero-order valence-corrected chi connectivity index (χ0v) is 75.0. The summed E-state index contributed by atoms with van der Waals surface area (Å²) in [6.45, 7) is 12.0. The molecule has 4 nitrogen and oxygen atoms in total. The van der Waals surface area contributed by atoms with Crippen LogP contribution in [0.5, 0.6) is 0 Å². The molecule has 0 saturated heterocycles. The van der Waals surface area contributed by atoms with Crippen molar-refractivity contribution in [3.05, 3.63) is 466 Å². The Morgan fingerprint density at radius 3 is 1.05 bits per heavy atom. The molecule has 24 rings (SSSR count). The average Bonchev–Trinajstić information content (AvgIpc) is 1.60. The third kappa shape index (κ3) is 13.9. The van der Waals surface area contributed by atoms with Gasteiger partial charge in [-0.2, -0.15) is 0 Å². The number of anilines is 12. The van der Waals surface area contributed by atoms with Crippen LogP contribution in [0.3, 0.4) is 0 Å². The number of rotatable bonds is 16. The van der Waals surface area contributed by atoms with Crippen molar-refractivity contribution >= 4 is 198 Å². The summed E-state index contributed by atoms with van der Waals surface area (Å²) in [6.07, 6.45) is 0. The minimum Gasteiger partial charge on any atom is -0.310 e. The molecule has 0 amide bonds. The first-order valence-electron chi connectivity index (χ1n) is 44.6. The summed E-state index contributed by atoms with van der Waals surface area (Å²) in [4.78, 5) is 9.55. The van der Waals surface area contributed by atoms with Gasteiger partial charge in [0.05, 0.1) is 19.4 Å². The van der Waals surface area contributed by atoms with Crippen LogP contribution < -0.4 is 24.8 Å². The van der Waals surface area contributed by atoms with E-state index in [9.17, 15) is 0 Å². The molecule has 0 aliphatic heterocycles. The van der Waals surface area contributed by atoms with Crippen molar-refractivity contribution < 1.29 is 0 Å². The number of thiophene rings is 2. The maximum atomic E-state index is 2.45. The second-order valence-electron chi connectivity index (χ2n) is 35.4. The first kappa shape index (κ1) is 78.5. The van der Waals surface area contributed by atoms with E-state index >= 15 is 0 Å². The van der Waals surface area contributed by atoms with Gasteiger partial charge < -0.3 is 19.6 Å². The molecule has 0 unspecified atom stereocenters. The summed E-state index contributed by atoms with van der Waals surface area (Å²) < 4.78 is 5.26. The molecule has 7 heteroatoms. The van der Waals surface area contributed by atoms with Crippen LogP contribution >= 0.6 is 22.7 Å². The van der Waals surface area contributed by atoms with Crippen molar-refractivity contribution in [1.82, 2.24) is 0 Å². The molecule has 1 aliphatic rings. The van der Waals surface area contributed by atoms with Gasteiger partial charge in [0.1, 0.15) is 0 Å². The van der Waals surface area contributed by atoms with Crippen molar-refractivity contribution in [2.75, 3.05) is 19.6 Å². The summed E-state index contributed by atoms with van der Waals surface area (Å²) in [5.74, 6) is 0. The highest BCUT2D eigenvalue weighted by molar-refractivity contribution is 7.27. The van der Waals surface area contributed by atoms with Gasteiger partial charge in [-0.1, -0.05) is 342 Å². The minimum absolute atomic E-state index is 0.187. The fourth-order valence-corrected chi connectivity index (χ4v) is 23.9. The highest BCUT2D eigenvalue weighted by Gasteiger charge is 2.37. The Labute approximate surface area is 761 Å². The predicted octanol–water partition coefficient (Wildman–Crippen LogP) is 35.6. The largest absolute Gasteiger partial charge is 0.310 e. The molecule has 0 fully saturated rings. The number of hydrogen-bond acceptors (Lipinski definition) is 6. The highest BCUT2D eigenvalue weighted by Crippen LogP contribution is 2.55. The molecule has 2 heterocycles. The van der Waals surface area contributed by atoms with E-state index in [2.05, 4.69) is 508 Å². The van der Waals surface area contributed by atoms with Gasteiger partial charge in [-0.3, -0.25) is 0 Å². The number of fused-ring (bicyclic) bond motifs is 20. The molecule has 0 radical (unpaired) electrons. The second kappa shape index (κ2) is 32.3. The molecule has 129 heavy (non-hydrogen) atoms. The number of nitrogens with zero attached hydrogens (tertiary/aromatic N) is 4. The molecule has 0 N–H and O–H groups in total. The van der Waals surface area contributed by atoms with E-state index in [-0.39, 0.29) is 5.41 Å². The van der Waals surface area contributed by atoms with E-state index in [1.54, 1.807) is 0 Å². The van der Waals surface area contributed by atoms with Crippen molar-refractivity contribution in [3.63, 3.8) is 0 Å². The molecule has 2 aromatic heterocycles. The van der Waals surface area contributed by atoms with Crippen molar-refractivity contribution in [3.8, 4) is 44.5 Å². The van der Waals surface area contributed by atoms with Gasteiger partial charge in [0.15, 0.2) is 0 Å². The topological polar surface area (TPSA) is 13.0 Å². The zero-order chi connectivity index (χ0) is 86.4. The highest BCUT2D eigenvalue weighted by atomic mass is 32.1. The molecule has 1 aliphatic carbocycles. The first-order chi connectivity index (χ1) is 63.4. The molecule has 0 atom stereocenters. The maximum Gasteiger partial charge on any atom is 0.0775 e. The zero-order valence-electron chi connectivity index (χ0n) is 72.4. The van der Waals surface area contributed by atoms with Gasteiger partial charge in [0.25, 0.3) is 0 Å². The lowest BCUT2D eigenvalue weighted by Crippen LogP contribution is -2.37.